The normalized spacial score (nSPS) is 23.8. The lowest BCUT2D eigenvalue weighted by atomic mass is 9.58. The number of rotatable bonds is 6. The van der Waals surface area contributed by atoms with E-state index in [0.717, 1.165) is 122 Å². The van der Waals surface area contributed by atoms with E-state index in [-0.39, 0.29) is 22.5 Å². The van der Waals surface area contributed by atoms with Crippen LogP contribution in [-0.4, -0.2) is 53.5 Å². The number of benzene rings is 2. The monoisotopic (exact) mass is 922 g/mol. The number of carbonyl (C=O) groups excluding carboxylic acids is 1. The smallest absolute Gasteiger partial charge is 0.168 e. The van der Waals surface area contributed by atoms with Crippen molar-refractivity contribution in [2.45, 2.75) is 107 Å². The van der Waals surface area contributed by atoms with Gasteiger partial charge in [-0.1, -0.05) is 12.1 Å². The van der Waals surface area contributed by atoms with Crippen LogP contribution < -0.4 is 0 Å². The average molecular weight is 923 g/mol. The Labute approximate surface area is 401 Å². The van der Waals surface area contributed by atoms with Crippen LogP contribution in [0.3, 0.4) is 0 Å². The SMILES string of the molecule is Fc1ccc(-c2ncn3cc4c(cc23)CCC[C@@H]2CC3(CC[C@@]42Cc2ccccn2)OCCO3)cc1.O=C1CC[C@@]2(Cc3ccccn3)c3cn4cnc(-c5ccc(F)cc5)c4cc3CCC[C@@H]2C1. The van der Waals surface area contributed by atoms with Gasteiger partial charge in [-0.15, -0.1) is 0 Å². The summed E-state index contributed by atoms with van der Waals surface area (Å²) in [5.74, 6) is 0.277. The quantitative estimate of drug-likeness (QED) is 0.164. The van der Waals surface area contributed by atoms with Gasteiger partial charge in [0, 0.05) is 83.8 Å². The molecular formula is C58H56F2N6O3. The third kappa shape index (κ3) is 8.07. The van der Waals surface area contributed by atoms with Crippen LogP contribution in [-0.2, 0) is 50.8 Å². The zero-order valence-electron chi connectivity index (χ0n) is 38.8. The highest BCUT2D eigenvalue weighted by Gasteiger charge is 2.54. The standard InChI is InChI=1S/C30H30FN3O2.C28H26FN3O/c31-24-9-7-21(8-10-24)28-27-16-22-4-3-5-23-17-30(35-14-15-36-30)12-11-29(23,18-25-6-1-2-13-32-25)26(22)19-34(27)20-33-28;29-22-9-7-19(8-10-22)27-26-14-20-4-3-5-21-15-24(33)11-12-28(21,16-23-6-1-2-13-30-23)25(20)17-32(26)18-31-27/h1-2,6-10,13,16,19-20,23H,3-5,11-12,14-15,17-18H2;1-2,6-10,13-14,17-18,21H,3-5,11-12,15-16H2/t23-,29+;21-,28+/m11/s1. The summed E-state index contributed by atoms with van der Waals surface area (Å²) in [5.41, 5.74) is 13.3. The maximum atomic E-state index is 13.6. The predicted octanol–water partition coefficient (Wildman–Crippen LogP) is 11.6. The van der Waals surface area contributed by atoms with Crippen molar-refractivity contribution in [3.8, 4) is 22.5 Å². The number of halogens is 2. The minimum absolute atomic E-state index is 0.0325. The average Bonchev–Trinajstić information content (AvgIpc) is 4.08. The van der Waals surface area contributed by atoms with Gasteiger partial charge in [-0.2, -0.15) is 0 Å². The van der Waals surface area contributed by atoms with Crippen molar-refractivity contribution in [3.63, 3.8) is 0 Å². The van der Waals surface area contributed by atoms with Gasteiger partial charge in [0.05, 0.1) is 48.3 Å². The van der Waals surface area contributed by atoms with Gasteiger partial charge in [0.15, 0.2) is 5.79 Å². The fourth-order valence-electron chi connectivity index (χ4n) is 13.2. The molecule has 4 atom stereocenters. The molecule has 1 aliphatic heterocycles. The van der Waals surface area contributed by atoms with Crippen molar-refractivity contribution in [3.05, 3.63) is 180 Å². The highest BCUT2D eigenvalue weighted by molar-refractivity contribution is 5.81. The van der Waals surface area contributed by atoms with E-state index in [4.69, 9.17) is 19.4 Å². The van der Waals surface area contributed by atoms with Gasteiger partial charge in [-0.05, 0) is 183 Å². The molecular weight excluding hydrogens is 867 g/mol. The van der Waals surface area contributed by atoms with Crippen LogP contribution in [0.4, 0.5) is 8.78 Å². The molecule has 0 amide bonds. The number of carbonyl (C=O) groups is 1. The number of imidazole rings is 2. The van der Waals surface area contributed by atoms with Gasteiger partial charge < -0.3 is 18.3 Å². The second kappa shape index (κ2) is 17.8. The van der Waals surface area contributed by atoms with Crippen LogP contribution in [0.25, 0.3) is 33.5 Å². The van der Waals surface area contributed by atoms with Crippen LogP contribution >= 0.6 is 0 Å². The van der Waals surface area contributed by atoms with Gasteiger partial charge in [-0.3, -0.25) is 14.8 Å². The van der Waals surface area contributed by atoms with E-state index < -0.39 is 5.79 Å². The van der Waals surface area contributed by atoms with Crippen LogP contribution in [0.2, 0.25) is 0 Å². The fourth-order valence-corrected chi connectivity index (χ4v) is 13.2. The van der Waals surface area contributed by atoms with Gasteiger partial charge >= 0.3 is 0 Å². The first kappa shape index (κ1) is 43.8. The first-order valence-electron chi connectivity index (χ1n) is 24.9. The van der Waals surface area contributed by atoms with Crippen LogP contribution in [0.5, 0.6) is 0 Å². The summed E-state index contributed by atoms with van der Waals surface area (Å²) < 4.78 is 43.7. The van der Waals surface area contributed by atoms with Crippen molar-refractivity contribution in [2.75, 3.05) is 13.2 Å². The summed E-state index contributed by atoms with van der Waals surface area (Å²) >= 11 is 0. The highest BCUT2D eigenvalue weighted by Crippen LogP contribution is 2.56. The molecule has 4 aliphatic carbocycles. The number of hydrogen-bond donors (Lipinski definition) is 0. The predicted molar refractivity (Wildman–Crippen MR) is 261 cm³/mol. The number of Topliss-reactive ketones (excluding diaryl/α,β-unsaturated/α-hetero) is 1. The zero-order chi connectivity index (χ0) is 46.6. The summed E-state index contributed by atoms with van der Waals surface area (Å²) in [4.78, 5) is 31.3. The molecule has 1 saturated heterocycles. The Kier molecular flexibility index (Phi) is 11.3. The van der Waals surface area contributed by atoms with Crippen molar-refractivity contribution in [1.82, 2.24) is 28.7 Å². The Morgan fingerprint density at radius 3 is 1.64 bits per heavy atom. The minimum Gasteiger partial charge on any atom is -0.348 e. The molecule has 0 radical (unpaired) electrons. The van der Waals surface area contributed by atoms with Crippen molar-refractivity contribution in [1.29, 1.82) is 0 Å². The number of fused-ring (bicyclic) bond motifs is 8. The van der Waals surface area contributed by atoms with Crippen molar-refractivity contribution >= 4 is 16.8 Å². The van der Waals surface area contributed by atoms with Gasteiger partial charge in [0.2, 0.25) is 0 Å². The number of aromatic nitrogens is 6. The Hall–Kier alpha value is -6.43. The maximum absolute atomic E-state index is 13.6. The number of pyridine rings is 4. The first-order valence-corrected chi connectivity index (χ1v) is 24.9. The van der Waals surface area contributed by atoms with Gasteiger partial charge in [-0.25, -0.2) is 18.7 Å². The largest absolute Gasteiger partial charge is 0.348 e. The number of hydrogen-bond acceptors (Lipinski definition) is 7. The lowest BCUT2D eigenvalue weighted by Gasteiger charge is -2.50. The van der Waals surface area contributed by atoms with Crippen molar-refractivity contribution < 1.29 is 23.0 Å². The van der Waals surface area contributed by atoms with Crippen LogP contribution in [0, 0.1) is 23.5 Å². The molecule has 9 nitrogen and oxygen atoms in total. The molecule has 350 valence electrons. The lowest BCUT2D eigenvalue weighted by molar-refractivity contribution is -0.199. The van der Waals surface area contributed by atoms with Crippen LogP contribution in [0.1, 0.15) is 97.8 Å². The molecule has 0 bridgehead atoms. The maximum Gasteiger partial charge on any atom is 0.168 e. The Bertz CT molecular complexity index is 3150. The zero-order valence-corrected chi connectivity index (χ0v) is 38.8. The van der Waals surface area contributed by atoms with Gasteiger partial charge in [0.25, 0.3) is 0 Å². The molecule has 7 heterocycles. The van der Waals surface area contributed by atoms with E-state index in [1.165, 1.54) is 46.5 Å². The topological polar surface area (TPSA) is 95.9 Å². The number of ketones is 1. The molecule has 8 aromatic rings. The third-order valence-electron chi connectivity index (χ3n) is 16.5. The molecule has 13 rings (SSSR count). The van der Waals surface area contributed by atoms with E-state index in [1.54, 1.807) is 12.1 Å². The van der Waals surface area contributed by atoms with E-state index in [9.17, 15) is 13.6 Å². The van der Waals surface area contributed by atoms with Crippen molar-refractivity contribution in [2.24, 2.45) is 11.8 Å². The summed E-state index contributed by atoms with van der Waals surface area (Å²) in [7, 11) is 0. The molecule has 1 spiro atoms. The molecule has 2 saturated carbocycles. The Morgan fingerprint density at radius 1 is 0.594 bits per heavy atom. The molecule has 3 fully saturated rings. The molecule has 0 unspecified atom stereocenters. The molecule has 6 aromatic heterocycles. The van der Waals surface area contributed by atoms with Gasteiger partial charge in [0.1, 0.15) is 17.4 Å². The lowest BCUT2D eigenvalue weighted by Crippen LogP contribution is -2.49. The minimum atomic E-state index is -0.419. The van der Waals surface area contributed by atoms with E-state index in [0.29, 0.717) is 43.7 Å². The van der Waals surface area contributed by atoms with E-state index in [1.807, 2.05) is 55.4 Å². The number of ether oxygens (including phenoxy) is 2. The number of aryl methyl sites for hydroxylation is 2. The molecule has 11 heteroatoms. The first-order chi connectivity index (χ1) is 33.8. The third-order valence-corrected chi connectivity index (χ3v) is 16.5. The molecule has 69 heavy (non-hydrogen) atoms. The van der Waals surface area contributed by atoms with E-state index in [2.05, 4.69) is 61.5 Å². The second-order valence-corrected chi connectivity index (χ2v) is 20.3. The van der Waals surface area contributed by atoms with Crippen LogP contribution in [0.15, 0.2) is 135 Å². The Morgan fingerprint density at radius 2 is 1.12 bits per heavy atom. The fraction of sp³-hybridized carbons (Fsp3) is 0.362. The molecule has 0 N–H and O–H groups in total. The number of nitrogens with zero attached hydrogens (tertiary/aromatic N) is 6. The summed E-state index contributed by atoms with van der Waals surface area (Å²) in [6, 6.07) is 30.1. The second-order valence-electron chi connectivity index (χ2n) is 20.3. The molecule has 5 aliphatic rings. The highest BCUT2D eigenvalue weighted by atomic mass is 19.1. The summed E-state index contributed by atoms with van der Waals surface area (Å²) in [6.45, 7) is 1.39. The summed E-state index contributed by atoms with van der Waals surface area (Å²) in [5, 5.41) is 0. The summed E-state index contributed by atoms with van der Waals surface area (Å²) in [6.07, 6.45) is 25.3. The molecule has 2 aromatic carbocycles. The Balaban J connectivity index is 0.000000143. The van der Waals surface area contributed by atoms with E-state index >= 15 is 0 Å².